The Morgan fingerprint density at radius 3 is 2.12 bits per heavy atom. The van der Waals surface area contributed by atoms with Crippen LogP contribution in [0.5, 0.6) is 0 Å². The first-order valence-corrected chi connectivity index (χ1v) is 17.3. The van der Waals surface area contributed by atoms with Gasteiger partial charge in [0.15, 0.2) is 5.96 Å². The first-order chi connectivity index (χ1) is 22.7. The van der Waals surface area contributed by atoms with Crippen molar-refractivity contribution in [3.05, 3.63) is 59.7 Å². The Balaban J connectivity index is 1.76. The number of ether oxygens (including phenoxy) is 1. The summed E-state index contributed by atoms with van der Waals surface area (Å²) in [4.78, 5) is 55.3. The lowest BCUT2D eigenvalue weighted by Crippen LogP contribution is -2.57. The molecule has 2 aromatic rings. The monoisotopic (exact) mass is 682 g/mol. The number of rotatable bonds is 15. The Hall–Kier alpha value is -5.10. The molecule has 0 saturated heterocycles. The van der Waals surface area contributed by atoms with Gasteiger partial charge in [-0.2, -0.15) is 0 Å². The van der Waals surface area contributed by atoms with Crippen LogP contribution in [0.15, 0.2) is 53.5 Å². The molecule has 8 N–H and O–H groups in total. The van der Waals surface area contributed by atoms with Crippen molar-refractivity contribution in [3.63, 3.8) is 0 Å². The zero-order valence-corrected chi connectivity index (χ0v) is 27.9. The number of aliphatic imine (C=N–C) groups is 1. The van der Waals surface area contributed by atoms with E-state index in [0.717, 1.165) is 28.5 Å². The van der Waals surface area contributed by atoms with Gasteiger partial charge in [-0.05, 0) is 41.0 Å². The minimum absolute atomic E-state index is 0.0135. The van der Waals surface area contributed by atoms with Gasteiger partial charge in [-0.3, -0.25) is 19.4 Å². The number of carboxylic acids is 1. The number of guanidine groups is 1. The van der Waals surface area contributed by atoms with E-state index in [1.165, 1.54) is 0 Å². The van der Waals surface area contributed by atoms with Crippen molar-refractivity contribution in [3.8, 4) is 22.3 Å². The Bertz CT molecular complexity index is 1650. The summed E-state index contributed by atoms with van der Waals surface area (Å²) >= 11 is 0. The molecule has 0 heterocycles. The number of nitrogens with zero attached hydrogens (tertiary/aromatic N) is 1. The number of nitrogens with two attached hydrogens (primary N) is 2. The maximum Gasteiger partial charge on any atom is 0.407 e. The van der Waals surface area contributed by atoms with E-state index in [1.807, 2.05) is 53.8 Å². The highest BCUT2D eigenvalue weighted by molar-refractivity contribution is 7.95. The summed E-state index contributed by atoms with van der Waals surface area (Å²) in [7, 11) is -3.78. The molecule has 0 radical (unpaired) electrons. The molecule has 2 aromatic carbocycles. The van der Waals surface area contributed by atoms with Crippen molar-refractivity contribution in [1.82, 2.24) is 16.0 Å². The Kier molecular flexibility index (Phi) is 13.4. The van der Waals surface area contributed by atoms with E-state index >= 15 is 0 Å². The number of carboxylic acid groups (broad SMARTS) is 1. The highest BCUT2D eigenvalue weighted by Crippen LogP contribution is 2.44. The molecule has 1 aliphatic rings. The summed E-state index contributed by atoms with van der Waals surface area (Å²) in [6, 6.07) is 12.0. The maximum atomic E-state index is 13.6. The number of hydrogen-bond donors (Lipinski definition) is 6. The van der Waals surface area contributed by atoms with Gasteiger partial charge in [0.1, 0.15) is 24.7 Å². The number of amides is 3. The molecule has 4 atom stereocenters. The van der Waals surface area contributed by atoms with Crippen LogP contribution in [0.1, 0.15) is 56.6 Å². The Morgan fingerprint density at radius 1 is 0.979 bits per heavy atom. The Morgan fingerprint density at radius 2 is 1.58 bits per heavy atom. The van der Waals surface area contributed by atoms with E-state index in [-0.39, 0.29) is 31.4 Å². The van der Waals surface area contributed by atoms with Gasteiger partial charge in [-0.15, -0.1) is 0 Å². The van der Waals surface area contributed by atoms with Gasteiger partial charge in [0.25, 0.3) is 0 Å². The van der Waals surface area contributed by atoms with Crippen LogP contribution < -0.4 is 27.4 Å². The summed E-state index contributed by atoms with van der Waals surface area (Å²) < 4.78 is 28.7. The molecule has 0 bridgehead atoms. The van der Waals surface area contributed by atoms with Crippen LogP contribution in [0.3, 0.4) is 0 Å². The molecule has 0 aromatic heterocycles. The summed E-state index contributed by atoms with van der Waals surface area (Å²) in [6.07, 6.45) is 0.141. The maximum absolute atomic E-state index is 13.6. The fourth-order valence-electron chi connectivity index (χ4n) is 5.26. The van der Waals surface area contributed by atoms with Crippen LogP contribution in [0.4, 0.5) is 4.79 Å². The number of carbonyl (C=O) groups is 4. The van der Waals surface area contributed by atoms with E-state index in [0.29, 0.717) is 12.8 Å². The highest BCUT2D eigenvalue weighted by Gasteiger charge is 2.33. The van der Waals surface area contributed by atoms with Gasteiger partial charge in [0.2, 0.25) is 21.7 Å². The average Bonchev–Trinajstić information content (AvgIpc) is 3.35. The zero-order valence-electron chi connectivity index (χ0n) is 27.1. The molecule has 0 saturated carbocycles. The fraction of sp³-hybridized carbons (Fsp3) is 0.424. The second kappa shape index (κ2) is 17.2. The van der Waals surface area contributed by atoms with Crippen molar-refractivity contribution < 1.29 is 37.4 Å². The van der Waals surface area contributed by atoms with Crippen LogP contribution in [-0.2, 0) is 29.0 Å². The standard InChI is InChI=1S/C33H42N6O8S/c1-4-20(2)29(31(43)37-21(18-28(40)41)15-17-48(3,45)46)39-30(42)27(14-9-16-36-32(34)35)38-33(44)47-19-26-24-12-7-5-10-22(24)23-11-6-8-13-25(23)26/h5-8,10-13,20-21,26-27,29H,4,9,14,16,18-19H2,1-3H3,(H,37,43)(H,38,44)(H,39,42)(H,40,41)(H4,34,35,36)/t20?,21-,27+,29+/m1/s1. The minimum Gasteiger partial charge on any atom is -0.481 e. The SMILES string of the molecule is CCC(C)[C@H](NC(=O)[C@H](CCCN=C(N)N)NC(=O)OCC1c2ccccc2-c2ccccc21)C(=O)N[C@H](C#CS(C)(=O)=O)CC(=O)O. The predicted molar refractivity (Wildman–Crippen MR) is 180 cm³/mol. The van der Waals surface area contributed by atoms with Crippen molar-refractivity contribution >= 4 is 39.7 Å². The van der Waals surface area contributed by atoms with E-state index in [1.54, 1.807) is 13.8 Å². The van der Waals surface area contributed by atoms with E-state index in [9.17, 15) is 32.7 Å². The van der Waals surface area contributed by atoms with E-state index < -0.39 is 64.2 Å². The van der Waals surface area contributed by atoms with E-state index in [4.69, 9.17) is 16.2 Å². The summed E-state index contributed by atoms with van der Waals surface area (Å²) in [5.41, 5.74) is 15.0. The smallest absolute Gasteiger partial charge is 0.407 e. The first-order valence-electron chi connectivity index (χ1n) is 15.4. The number of fused-ring (bicyclic) bond motifs is 3. The van der Waals surface area contributed by atoms with Crippen LogP contribution in [0, 0.1) is 17.1 Å². The largest absolute Gasteiger partial charge is 0.481 e. The third-order valence-corrected chi connectivity index (χ3v) is 8.29. The van der Waals surface area contributed by atoms with Crippen LogP contribution >= 0.6 is 0 Å². The topological polar surface area (TPSA) is 232 Å². The number of nitrogens with one attached hydrogen (secondary N) is 3. The summed E-state index contributed by atoms with van der Waals surface area (Å²) in [6.45, 7) is 3.67. The molecule has 258 valence electrons. The molecule has 0 spiro atoms. The fourth-order valence-corrected chi connectivity index (χ4v) is 5.62. The van der Waals surface area contributed by atoms with Crippen LogP contribution in [-0.4, -0.2) is 80.9 Å². The highest BCUT2D eigenvalue weighted by atomic mass is 32.2. The number of alkyl carbamates (subject to hydrolysis) is 1. The minimum atomic E-state index is -3.78. The second-order valence-electron chi connectivity index (χ2n) is 11.5. The molecule has 48 heavy (non-hydrogen) atoms. The second-order valence-corrected chi connectivity index (χ2v) is 13.3. The van der Waals surface area contributed by atoms with E-state index in [2.05, 4.69) is 26.9 Å². The molecule has 14 nitrogen and oxygen atoms in total. The normalized spacial score (nSPS) is 14.4. The Labute approximate surface area is 280 Å². The molecule has 3 amide bonds. The number of hydrogen-bond acceptors (Lipinski definition) is 8. The van der Waals surface area contributed by atoms with Gasteiger partial charge in [0, 0.05) is 17.7 Å². The van der Waals surface area contributed by atoms with Gasteiger partial charge >= 0.3 is 12.1 Å². The lowest BCUT2D eigenvalue weighted by molar-refractivity contribution is -0.137. The molecule has 0 aliphatic heterocycles. The molecular formula is C33H42N6O8S. The average molecular weight is 683 g/mol. The van der Waals surface area contributed by atoms with Crippen molar-refractivity contribution in [2.45, 2.75) is 63.6 Å². The van der Waals surface area contributed by atoms with Gasteiger partial charge in [-0.25, -0.2) is 13.2 Å². The number of aliphatic carboxylic acids is 1. The van der Waals surface area contributed by atoms with Crippen molar-refractivity contribution in [1.29, 1.82) is 0 Å². The quantitative estimate of drug-likeness (QED) is 0.0520. The van der Waals surface area contributed by atoms with Gasteiger partial charge < -0.3 is 37.3 Å². The summed E-state index contributed by atoms with van der Waals surface area (Å²) in [5, 5.41) is 18.9. The number of benzene rings is 2. The molecule has 3 rings (SSSR count). The third-order valence-electron chi connectivity index (χ3n) is 7.80. The predicted octanol–water partition coefficient (Wildman–Crippen LogP) is 1.44. The molecule has 1 unspecified atom stereocenters. The van der Waals surface area contributed by atoms with Crippen LogP contribution in [0.2, 0.25) is 0 Å². The van der Waals surface area contributed by atoms with Crippen molar-refractivity contribution in [2.24, 2.45) is 22.4 Å². The van der Waals surface area contributed by atoms with Crippen molar-refractivity contribution in [2.75, 3.05) is 19.4 Å². The van der Waals surface area contributed by atoms with Crippen LogP contribution in [0.25, 0.3) is 11.1 Å². The lowest BCUT2D eigenvalue weighted by atomic mass is 9.97. The third kappa shape index (κ3) is 11.0. The molecule has 1 aliphatic carbocycles. The molecule has 0 fully saturated rings. The van der Waals surface area contributed by atoms with Gasteiger partial charge in [0.05, 0.1) is 12.7 Å². The van der Waals surface area contributed by atoms with Gasteiger partial charge in [-0.1, -0.05) is 74.7 Å². The first kappa shape index (κ1) is 37.4. The molecule has 15 heteroatoms. The number of sulfone groups is 1. The number of carbonyl (C=O) groups excluding carboxylic acids is 3. The summed E-state index contributed by atoms with van der Waals surface area (Å²) in [5.74, 6) is -1.32. The lowest BCUT2D eigenvalue weighted by Gasteiger charge is -2.27. The zero-order chi connectivity index (χ0) is 35.4. The molecular weight excluding hydrogens is 640 g/mol.